The van der Waals surface area contributed by atoms with Gasteiger partial charge >= 0.3 is 0 Å². The summed E-state index contributed by atoms with van der Waals surface area (Å²) in [7, 11) is 0. The minimum absolute atomic E-state index is 0.878. The Kier molecular flexibility index (Phi) is 3.83. The van der Waals surface area contributed by atoms with Gasteiger partial charge in [0, 0.05) is 11.9 Å². The van der Waals surface area contributed by atoms with Crippen LogP contribution in [-0.2, 0) is 5.75 Å². The van der Waals surface area contributed by atoms with E-state index in [0.717, 1.165) is 11.7 Å². The number of nitrogens with zero attached hydrogens (tertiary/aromatic N) is 1. The first kappa shape index (κ1) is 9.99. The lowest BCUT2D eigenvalue weighted by Gasteiger charge is -2.06. The molecule has 0 radical (unpaired) electrons. The number of pyridine rings is 1. The fourth-order valence-corrected chi connectivity index (χ4v) is 2.79. The Morgan fingerprint density at radius 1 is 1.50 bits per heavy atom. The van der Waals surface area contributed by atoms with Gasteiger partial charge in [0.25, 0.3) is 0 Å². The number of thioether (sulfide) groups is 1. The van der Waals surface area contributed by atoms with Crippen LogP contribution >= 0.6 is 11.8 Å². The summed E-state index contributed by atoms with van der Waals surface area (Å²) in [5.41, 5.74) is 1.20. The molecule has 0 bridgehead atoms. The Morgan fingerprint density at radius 3 is 3.21 bits per heavy atom. The summed E-state index contributed by atoms with van der Waals surface area (Å²) < 4.78 is 0. The fourth-order valence-electron chi connectivity index (χ4n) is 1.67. The summed E-state index contributed by atoms with van der Waals surface area (Å²) in [5.74, 6) is 3.20. The molecule has 1 aromatic rings. The second-order valence-corrected chi connectivity index (χ2v) is 4.73. The molecule has 2 nitrogen and oxygen atoms in total. The minimum Gasteiger partial charge on any atom is -0.316 e. The molecule has 76 valence electrons. The van der Waals surface area contributed by atoms with Gasteiger partial charge in [-0.3, -0.25) is 4.98 Å². The molecule has 0 aromatic carbocycles. The van der Waals surface area contributed by atoms with Crippen LogP contribution in [0.1, 0.15) is 12.1 Å². The topological polar surface area (TPSA) is 24.9 Å². The van der Waals surface area contributed by atoms with Crippen molar-refractivity contribution in [2.24, 2.45) is 5.92 Å². The van der Waals surface area contributed by atoms with Crippen molar-refractivity contribution >= 4 is 11.8 Å². The van der Waals surface area contributed by atoms with Gasteiger partial charge in [-0.05, 0) is 43.3 Å². The molecule has 3 heteroatoms. The number of hydrogen-bond acceptors (Lipinski definition) is 3. The predicted octanol–water partition coefficient (Wildman–Crippen LogP) is 1.92. The largest absolute Gasteiger partial charge is 0.316 e. The third-order valence-corrected chi connectivity index (χ3v) is 3.70. The highest BCUT2D eigenvalue weighted by molar-refractivity contribution is 7.98. The Morgan fingerprint density at radius 2 is 2.50 bits per heavy atom. The van der Waals surface area contributed by atoms with E-state index < -0.39 is 0 Å². The van der Waals surface area contributed by atoms with E-state index in [1.165, 1.54) is 31.0 Å². The highest BCUT2D eigenvalue weighted by Crippen LogP contribution is 2.17. The van der Waals surface area contributed by atoms with Gasteiger partial charge in [0.1, 0.15) is 0 Å². The van der Waals surface area contributed by atoms with Crippen LogP contribution in [0.15, 0.2) is 24.4 Å². The molecule has 0 saturated carbocycles. The van der Waals surface area contributed by atoms with E-state index in [-0.39, 0.29) is 0 Å². The van der Waals surface area contributed by atoms with E-state index in [1.807, 2.05) is 24.0 Å². The van der Waals surface area contributed by atoms with Crippen molar-refractivity contribution < 1.29 is 0 Å². The SMILES string of the molecule is c1ccc(CSCC2CCNC2)nc1. The second kappa shape index (κ2) is 5.37. The van der Waals surface area contributed by atoms with E-state index in [0.29, 0.717) is 0 Å². The zero-order chi connectivity index (χ0) is 9.64. The first-order valence-electron chi connectivity index (χ1n) is 5.13. The van der Waals surface area contributed by atoms with Gasteiger partial charge in [0.15, 0.2) is 0 Å². The van der Waals surface area contributed by atoms with Gasteiger partial charge in [0.2, 0.25) is 0 Å². The van der Waals surface area contributed by atoms with E-state index in [1.54, 1.807) is 0 Å². The lowest BCUT2D eigenvalue weighted by molar-refractivity contribution is 0.662. The molecule has 1 fully saturated rings. The molecular weight excluding hydrogens is 192 g/mol. The summed E-state index contributed by atoms with van der Waals surface area (Å²) in [6.45, 7) is 2.41. The van der Waals surface area contributed by atoms with E-state index in [4.69, 9.17) is 0 Å². The zero-order valence-corrected chi connectivity index (χ0v) is 9.09. The number of rotatable bonds is 4. The van der Waals surface area contributed by atoms with Crippen LogP contribution in [0.2, 0.25) is 0 Å². The molecule has 2 rings (SSSR count). The van der Waals surface area contributed by atoms with Crippen molar-refractivity contribution in [1.29, 1.82) is 0 Å². The van der Waals surface area contributed by atoms with Crippen molar-refractivity contribution in [1.82, 2.24) is 10.3 Å². The Balaban J connectivity index is 1.67. The summed E-state index contributed by atoms with van der Waals surface area (Å²) in [4.78, 5) is 4.31. The van der Waals surface area contributed by atoms with Crippen molar-refractivity contribution in [3.8, 4) is 0 Å². The summed E-state index contributed by atoms with van der Waals surface area (Å²) in [6.07, 6.45) is 3.21. The Labute approximate surface area is 89.5 Å². The highest BCUT2D eigenvalue weighted by Gasteiger charge is 2.13. The smallest absolute Gasteiger partial charge is 0.0502 e. The van der Waals surface area contributed by atoms with E-state index >= 15 is 0 Å². The number of hydrogen-bond donors (Lipinski definition) is 1. The number of aromatic nitrogens is 1. The van der Waals surface area contributed by atoms with Crippen molar-refractivity contribution in [3.63, 3.8) is 0 Å². The van der Waals surface area contributed by atoms with E-state index in [2.05, 4.69) is 22.4 Å². The van der Waals surface area contributed by atoms with Crippen LogP contribution in [0.5, 0.6) is 0 Å². The minimum atomic E-state index is 0.878. The molecule has 1 aliphatic rings. The molecule has 2 heterocycles. The molecule has 14 heavy (non-hydrogen) atoms. The average molecular weight is 208 g/mol. The summed E-state index contributed by atoms with van der Waals surface area (Å²) in [6, 6.07) is 6.12. The maximum Gasteiger partial charge on any atom is 0.0502 e. The van der Waals surface area contributed by atoms with Crippen LogP contribution in [0.25, 0.3) is 0 Å². The van der Waals surface area contributed by atoms with E-state index in [9.17, 15) is 0 Å². The lowest BCUT2D eigenvalue weighted by Crippen LogP contribution is -2.10. The first-order valence-corrected chi connectivity index (χ1v) is 6.29. The number of nitrogens with one attached hydrogen (secondary N) is 1. The summed E-state index contributed by atoms with van der Waals surface area (Å²) >= 11 is 2.00. The van der Waals surface area contributed by atoms with Crippen molar-refractivity contribution in [2.45, 2.75) is 12.2 Å². The quantitative estimate of drug-likeness (QED) is 0.818. The Bertz CT molecular complexity index is 257. The molecule has 1 unspecified atom stereocenters. The van der Waals surface area contributed by atoms with Crippen LogP contribution < -0.4 is 5.32 Å². The third kappa shape index (κ3) is 3.00. The van der Waals surface area contributed by atoms with Gasteiger partial charge in [0.05, 0.1) is 5.69 Å². The molecule has 0 amide bonds. The molecule has 1 atom stereocenters. The molecular formula is C11H16N2S. The third-order valence-electron chi connectivity index (χ3n) is 2.49. The zero-order valence-electron chi connectivity index (χ0n) is 8.28. The van der Waals surface area contributed by atoms with Crippen molar-refractivity contribution in [2.75, 3.05) is 18.8 Å². The second-order valence-electron chi connectivity index (χ2n) is 3.70. The molecule has 0 aliphatic carbocycles. The average Bonchev–Trinajstić information content (AvgIpc) is 2.72. The first-order chi connectivity index (χ1) is 6.95. The van der Waals surface area contributed by atoms with Crippen LogP contribution in [0.3, 0.4) is 0 Å². The van der Waals surface area contributed by atoms with Crippen LogP contribution in [0, 0.1) is 5.92 Å². The molecule has 1 aromatic heterocycles. The summed E-state index contributed by atoms with van der Waals surface area (Å²) in [5, 5.41) is 3.39. The monoisotopic (exact) mass is 208 g/mol. The van der Waals surface area contributed by atoms with Gasteiger partial charge in [-0.1, -0.05) is 6.07 Å². The van der Waals surface area contributed by atoms with Crippen LogP contribution in [-0.4, -0.2) is 23.8 Å². The van der Waals surface area contributed by atoms with Gasteiger partial charge < -0.3 is 5.32 Å². The standard InChI is InChI=1S/C11H16N2S/c1-2-5-13-11(3-1)9-14-8-10-4-6-12-7-10/h1-3,5,10,12H,4,6-9H2. The molecule has 1 N–H and O–H groups in total. The molecule has 1 saturated heterocycles. The fraction of sp³-hybridized carbons (Fsp3) is 0.545. The molecule has 1 aliphatic heterocycles. The van der Waals surface area contributed by atoms with Gasteiger partial charge in [-0.2, -0.15) is 11.8 Å². The van der Waals surface area contributed by atoms with Gasteiger partial charge in [-0.15, -0.1) is 0 Å². The van der Waals surface area contributed by atoms with Gasteiger partial charge in [-0.25, -0.2) is 0 Å². The lowest BCUT2D eigenvalue weighted by atomic mass is 10.2. The maximum atomic E-state index is 4.31. The normalized spacial score (nSPS) is 21.3. The predicted molar refractivity (Wildman–Crippen MR) is 61.4 cm³/mol. The Hall–Kier alpha value is -0.540. The van der Waals surface area contributed by atoms with Crippen LogP contribution in [0.4, 0.5) is 0 Å². The maximum absolute atomic E-state index is 4.31. The van der Waals surface area contributed by atoms with Crippen molar-refractivity contribution in [3.05, 3.63) is 30.1 Å². The molecule has 0 spiro atoms. The highest BCUT2D eigenvalue weighted by atomic mass is 32.2.